The Kier molecular flexibility index (Phi) is 7.51. The number of halogens is 2. The van der Waals surface area contributed by atoms with Crippen molar-refractivity contribution in [2.75, 3.05) is 11.1 Å². The number of nitrogen functional groups attached to an aromatic ring is 1. The zero-order chi connectivity index (χ0) is 26.1. The molecule has 4 aromatic rings. The number of hydrogen-bond acceptors (Lipinski definition) is 5. The van der Waals surface area contributed by atoms with Crippen LogP contribution in [-0.4, -0.2) is 22.8 Å². The summed E-state index contributed by atoms with van der Waals surface area (Å²) in [5.74, 6) is -0.495. The number of aryl methyl sites for hydroxylation is 1. The minimum absolute atomic E-state index is 0.159. The number of anilines is 2. The lowest BCUT2D eigenvalue weighted by Crippen LogP contribution is -2.36. The van der Waals surface area contributed by atoms with Gasteiger partial charge in [0.15, 0.2) is 0 Å². The number of carbonyl (C=O) groups is 2. The average molecular weight is 598 g/mol. The number of nitrogens with one attached hydrogen (secondary N) is 2. The molecule has 0 radical (unpaired) electrons. The van der Waals surface area contributed by atoms with Crippen molar-refractivity contribution in [1.29, 1.82) is 0 Å². The van der Waals surface area contributed by atoms with Crippen molar-refractivity contribution in [1.82, 2.24) is 10.3 Å². The van der Waals surface area contributed by atoms with E-state index in [2.05, 4.69) is 26.6 Å². The summed E-state index contributed by atoms with van der Waals surface area (Å²) in [6, 6.07) is 14.8. The lowest BCUT2D eigenvalue weighted by atomic mass is 9.94. The van der Waals surface area contributed by atoms with Crippen LogP contribution in [0.3, 0.4) is 0 Å². The summed E-state index contributed by atoms with van der Waals surface area (Å²) in [5.41, 5.74) is 10.0. The molecule has 1 saturated carbocycles. The van der Waals surface area contributed by atoms with Gasteiger partial charge in [0.05, 0.1) is 16.9 Å². The van der Waals surface area contributed by atoms with Crippen LogP contribution in [0.2, 0.25) is 5.02 Å². The van der Waals surface area contributed by atoms with Crippen LogP contribution in [0.25, 0.3) is 21.3 Å². The molecule has 0 atom stereocenters. The maximum Gasteiger partial charge on any atom is 0.263 e. The summed E-state index contributed by atoms with van der Waals surface area (Å²) >= 11 is 10.8. The average Bonchev–Trinajstić information content (AvgIpc) is 3.21. The van der Waals surface area contributed by atoms with Crippen molar-refractivity contribution in [3.05, 3.63) is 74.2 Å². The molecule has 0 unspecified atom stereocenters. The molecule has 1 fully saturated rings. The second-order valence-electron chi connectivity index (χ2n) is 9.25. The van der Waals surface area contributed by atoms with E-state index in [-0.39, 0.29) is 17.9 Å². The van der Waals surface area contributed by atoms with E-state index in [0.29, 0.717) is 48.3 Å². The van der Waals surface area contributed by atoms with Crippen LogP contribution in [0.1, 0.15) is 57.8 Å². The summed E-state index contributed by atoms with van der Waals surface area (Å²) < 4.78 is 0.913. The zero-order valence-corrected chi connectivity index (χ0v) is 23.4. The molecule has 1 aliphatic carbocycles. The van der Waals surface area contributed by atoms with Crippen LogP contribution in [-0.2, 0) is 0 Å². The number of fused-ring (bicyclic) bond motifs is 1. The maximum absolute atomic E-state index is 13.6. The number of thiophene rings is 1. The highest BCUT2D eigenvalue weighted by Crippen LogP contribution is 2.42. The number of nitrogens with two attached hydrogens (primary N) is 1. The molecule has 2 aromatic heterocycles. The van der Waals surface area contributed by atoms with E-state index in [1.165, 1.54) is 17.8 Å². The molecular weight excluding hydrogens is 572 g/mol. The first kappa shape index (κ1) is 25.7. The molecule has 4 N–H and O–H groups in total. The van der Waals surface area contributed by atoms with Crippen molar-refractivity contribution in [2.24, 2.45) is 0 Å². The monoisotopic (exact) mass is 596 g/mol. The summed E-state index contributed by atoms with van der Waals surface area (Å²) in [6.07, 6.45) is 5.40. The predicted octanol–water partition coefficient (Wildman–Crippen LogP) is 7.58. The molecule has 9 heteroatoms. The molecule has 37 heavy (non-hydrogen) atoms. The van der Waals surface area contributed by atoms with Crippen LogP contribution in [0, 0.1) is 6.92 Å². The molecule has 1 aliphatic rings. The Hall–Kier alpha value is -2.94. The minimum atomic E-state index is -0.314. The lowest BCUT2D eigenvalue weighted by molar-refractivity contribution is 0.0932. The van der Waals surface area contributed by atoms with Gasteiger partial charge < -0.3 is 16.4 Å². The Bertz CT molecular complexity index is 1480. The van der Waals surface area contributed by atoms with E-state index >= 15 is 0 Å². The minimum Gasteiger partial charge on any atom is -0.397 e. The van der Waals surface area contributed by atoms with Gasteiger partial charge in [-0.25, -0.2) is 4.98 Å². The van der Waals surface area contributed by atoms with E-state index in [4.69, 9.17) is 22.3 Å². The Morgan fingerprint density at radius 3 is 2.38 bits per heavy atom. The van der Waals surface area contributed by atoms with Crippen molar-refractivity contribution >= 4 is 72.3 Å². The number of nitrogens with zero attached hydrogens (tertiary/aromatic N) is 1. The molecule has 2 heterocycles. The van der Waals surface area contributed by atoms with Gasteiger partial charge in [0.2, 0.25) is 0 Å². The molecule has 5 rings (SSSR count). The number of rotatable bonds is 5. The van der Waals surface area contributed by atoms with Gasteiger partial charge in [-0.2, -0.15) is 0 Å². The molecule has 0 spiro atoms. The number of benzene rings is 2. The van der Waals surface area contributed by atoms with Gasteiger partial charge in [0, 0.05) is 32.2 Å². The Morgan fingerprint density at radius 2 is 1.70 bits per heavy atom. The largest absolute Gasteiger partial charge is 0.397 e. The molecule has 2 aromatic carbocycles. The fourth-order valence-corrected chi connectivity index (χ4v) is 6.29. The van der Waals surface area contributed by atoms with E-state index in [0.717, 1.165) is 35.7 Å². The number of carbonyl (C=O) groups excluding carboxylic acids is 2. The molecule has 190 valence electrons. The van der Waals surface area contributed by atoms with Crippen molar-refractivity contribution < 1.29 is 9.59 Å². The second-order valence-corrected chi connectivity index (χ2v) is 11.6. The van der Waals surface area contributed by atoms with E-state index < -0.39 is 0 Å². The van der Waals surface area contributed by atoms with Gasteiger partial charge in [-0.05, 0) is 61.7 Å². The molecule has 0 aliphatic heterocycles. The highest BCUT2D eigenvalue weighted by molar-refractivity contribution is 9.10. The first-order chi connectivity index (χ1) is 17.8. The second kappa shape index (κ2) is 10.8. The molecular formula is C28H26BrClN4O2S. The van der Waals surface area contributed by atoms with Gasteiger partial charge in [-0.3, -0.25) is 9.59 Å². The number of pyridine rings is 1. The fourth-order valence-electron chi connectivity index (χ4n) is 4.84. The smallest absolute Gasteiger partial charge is 0.263 e. The molecule has 0 saturated heterocycles. The molecule has 6 nitrogen and oxygen atoms in total. The zero-order valence-electron chi connectivity index (χ0n) is 20.2. The third-order valence-corrected chi connectivity index (χ3v) is 8.55. The Labute approximate surface area is 232 Å². The van der Waals surface area contributed by atoms with Gasteiger partial charge in [-0.1, -0.05) is 58.9 Å². The van der Waals surface area contributed by atoms with Crippen LogP contribution in [0.4, 0.5) is 11.4 Å². The van der Waals surface area contributed by atoms with Crippen LogP contribution >= 0.6 is 38.9 Å². The van der Waals surface area contributed by atoms with Crippen molar-refractivity contribution in [2.45, 2.75) is 45.1 Å². The third kappa shape index (κ3) is 5.37. The lowest BCUT2D eigenvalue weighted by Gasteiger charge is -2.22. The Morgan fingerprint density at radius 1 is 1.03 bits per heavy atom. The summed E-state index contributed by atoms with van der Waals surface area (Å²) in [4.78, 5) is 32.7. The fraction of sp³-hybridized carbons (Fsp3) is 0.250. The topological polar surface area (TPSA) is 97.1 Å². The number of aromatic nitrogens is 1. The van der Waals surface area contributed by atoms with Crippen LogP contribution in [0.15, 0.2) is 53.0 Å². The number of amides is 2. The van der Waals surface area contributed by atoms with Crippen LogP contribution in [0.5, 0.6) is 0 Å². The highest BCUT2D eigenvalue weighted by atomic mass is 79.9. The summed E-state index contributed by atoms with van der Waals surface area (Å²) in [7, 11) is 0. The highest BCUT2D eigenvalue weighted by Gasteiger charge is 2.27. The third-order valence-electron chi connectivity index (χ3n) is 6.67. The van der Waals surface area contributed by atoms with Gasteiger partial charge in [0.1, 0.15) is 9.71 Å². The van der Waals surface area contributed by atoms with Crippen molar-refractivity contribution in [3.8, 4) is 11.1 Å². The summed E-state index contributed by atoms with van der Waals surface area (Å²) in [6.45, 7) is 1.80. The first-order valence-electron chi connectivity index (χ1n) is 12.2. The normalized spacial score (nSPS) is 14.0. The first-order valence-corrected chi connectivity index (χ1v) is 14.2. The van der Waals surface area contributed by atoms with Gasteiger partial charge in [0.25, 0.3) is 11.8 Å². The standard InChI is InChI=1S/C28H26BrClN4O2S/c1-15-21(26(35)33-20-13-11-18(30)12-14-20)22(16-7-9-17(29)10-8-16)23-24(31)25(37-28(23)32-15)27(36)34-19-5-3-2-4-6-19/h7-14,19H,2-6,31H2,1H3,(H,33,35)(H,34,36). The summed E-state index contributed by atoms with van der Waals surface area (Å²) in [5, 5.41) is 7.31. The van der Waals surface area contributed by atoms with Crippen molar-refractivity contribution in [3.63, 3.8) is 0 Å². The molecule has 2 amide bonds. The molecule has 0 bridgehead atoms. The van der Waals surface area contributed by atoms with Gasteiger partial charge in [-0.15, -0.1) is 11.3 Å². The SMILES string of the molecule is Cc1nc2sc(C(=O)NC3CCCCC3)c(N)c2c(-c2ccc(Br)cc2)c1C(=O)Nc1ccc(Cl)cc1. The van der Waals surface area contributed by atoms with E-state index in [1.807, 2.05) is 24.3 Å². The predicted molar refractivity (Wildman–Crippen MR) is 156 cm³/mol. The van der Waals surface area contributed by atoms with E-state index in [1.54, 1.807) is 31.2 Å². The van der Waals surface area contributed by atoms with Crippen LogP contribution < -0.4 is 16.4 Å². The maximum atomic E-state index is 13.6. The van der Waals surface area contributed by atoms with E-state index in [9.17, 15) is 9.59 Å². The number of hydrogen-bond donors (Lipinski definition) is 3. The van der Waals surface area contributed by atoms with Gasteiger partial charge >= 0.3 is 0 Å². The quantitative estimate of drug-likeness (QED) is 0.221. The Balaban J connectivity index is 1.63.